The Hall–Kier alpha value is -1.87. The molecule has 1 N–H and O–H groups in total. The van der Waals surface area contributed by atoms with E-state index in [2.05, 4.69) is 51.9 Å². The third-order valence-corrected chi connectivity index (χ3v) is 6.98. The minimum atomic E-state index is -0.195. The van der Waals surface area contributed by atoms with Gasteiger partial charge in [0, 0.05) is 10.8 Å². The number of rotatable bonds is 8. The van der Waals surface area contributed by atoms with Crippen molar-refractivity contribution in [2.24, 2.45) is 5.10 Å². The molecular formula is C19H17ClN4OS3. The number of hydrogen-bond acceptors (Lipinski definition) is 7. The number of halogens is 1. The summed E-state index contributed by atoms with van der Waals surface area (Å²) in [6.07, 6.45) is 1.57. The second-order valence-corrected chi connectivity index (χ2v) is 9.60. The smallest absolute Gasteiger partial charge is 0.250 e. The van der Waals surface area contributed by atoms with Gasteiger partial charge in [-0.15, -0.1) is 10.2 Å². The van der Waals surface area contributed by atoms with Crippen molar-refractivity contribution in [3.05, 3.63) is 70.2 Å². The van der Waals surface area contributed by atoms with Crippen LogP contribution in [-0.2, 0) is 10.5 Å². The van der Waals surface area contributed by atoms with Gasteiger partial charge < -0.3 is 0 Å². The summed E-state index contributed by atoms with van der Waals surface area (Å²) >= 11 is 10.3. The van der Waals surface area contributed by atoms with Crippen LogP contribution in [0.2, 0.25) is 5.02 Å². The SMILES string of the molecule is Cc1ccc(CSc2nnc(SCC(=O)N/N=C/c3ccc(Cl)cc3)s2)cc1. The molecule has 1 heterocycles. The number of hydrazone groups is 1. The Morgan fingerprint density at radius 1 is 1.11 bits per heavy atom. The number of aromatic nitrogens is 2. The lowest BCUT2D eigenvalue weighted by molar-refractivity contribution is -0.118. The summed E-state index contributed by atoms with van der Waals surface area (Å²) in [5, 5.41) is 12.9. The molecule has 0 spiro atoms. The van der Waals surface area contributed by atoms with Gasteiger partial charge in [0.1, 0.15) is 0 Å². The van der Waals surface area contributed by atoms with Crippen LogP contribution in [0.5, 0.6) is 0 Å². The Bertz CT molecular complexity index is 943. The minimum absolute atomic E-state index is 0.195. The molecule has 0 atom stereocenters. The normalized spacial score (nSPS) is 11.1. The van der Waals surface area contributed by atoms with Crippen molar-refractivity contribution in [2.45, 2.75) is 21.4 Å². The summed E-state index contributed by atoms with van der Waals surface area (Å²) in [4.78, 5) is 11.9. The average Bonchev–Trinajstić information content (AvgIpc) is 3.15. The number of benzene rings is 2. The predicted octanol–water partition coefficient (Wildman–Crippen LogP) is 5.03. The van der Waals surface area contributed by atoms with Gasteiger partial charge in [-0.3, -0.25) is 4.79 Å². The molecule has 9 heteroatoms. The molecule has 1 aromatic heterocycles. The molecule has 3 aromatic rings. The Labute approximate surface area is 181 Å². The fraction of sp³-hybridized carbons (Fsp3) is 0.158. The van der Waals surface area contributed by atoms with Crippen molar-refractivity contribution in [2.75, 3.05) is 5.75 Å². The Morgan fingerprint density at radius 2 is 1.79 bits per heavy atom. The van der Waals surface area contributed by atoms with Crippen LogP contribution in [0.25, 0.3) is 0 Å². The molecule has 0 bridgehead atoms. The number of carbonyl (C=O) groups excluding carboxylic acids is 1. The van der Waals surface area contributed by atoms with Gasteiger partial charge in [-0.1, -0.05) is 88.4 Å². The van der Waals surface area contributed by atoms with Crippen molar-refractivity contribution >= 4 is 58.6 Å². The second-order valence-electron chi connectivity index (χ2n) is 5.74. The first-order valence-electron chi connectivity index (χ1n) is 8.30. The lowest BCUT2D eigenvalue weighted by Gasteiger charge is -1.99. The average molecular weight is 449 g/mol. The van der Waals surface area contributed by atoms with Gasteiger partial charge in [0.15, 0.2) is 8.68 Å². The third kappa shape index (κ3) is 6.94. The minimum Gasteiger partial charge on any atom is -0.272 e. The van der Waals surface area contributed by atoms with E-state index in [1.54, 1.807) is 30.1 Å². The van der Waals surface area contributed by atoms with Crippen LogP contribution in [0, 0.1) is 6.92 Å². The Balaban J connectivity index is 1.40. The van der Waals surface area contributed by atoms with E-state index in [-0.39, 0.29) is 11.7 Å². The monoisotopic (exact) mass is 448 g/mol. The van der Waals surface area contributed by atoms with Crippen LogP contribution in [0.1, 0.15) is 16.7 Å². The van der Waals surface area contributed by atoms with Crippen molar-refractivity contribution in [3.63, 3.8) is 0 Å². The molecule has 0 radical (unpaired) electrons. The predicted molar refractivity (Wildman–Crippen MR) is 119 cm³/mol. The maximum absolute atomic E-state index is 11.9. The van der Waals surface area contributed by atoms with Gasteiger partial charge in [-0.05, 0) is 30.2 Å². The lowest BCUT2D eigenvalue weighted by Crippen LogP contribution is -2.19. The molecule has 0 aliphatic carbocycles. The maximum Gasteiger partial charge on any atom is 0.250 e. The number of aryl methyl sites for hydroxylation is 1. The van der Waals surface area contributed by atoms with Crippen molar-refractivity contribution in [3.8, 4) is 0 Å². The first-order chi connectivity index (χ1) is 13.6. The van der Waals surface area contributed by atoms with Gasteiger partial charge in [0.05, 0.1) is 12.0 Å². The summed E-state index contributed by atoms with van der Waals surface area (Å²) in [6.45, 7) is 2.07. The van der Waals surface area contributed by atoms with Crippen LogP contribution in [-0.4, -0.2) is 28.1 Å². The van der Waals surface area contributed by atoms with Crippen molar-refractivity contribution < 1.29 is 4.79 Å². The molecule has 28 heavy (non-hydrogen) atoms. The van der Waals surface area contributed by atoms with E-state index < -0.39 is 0 Å². The van der Waals surface area contributed by atoms with Crippen LogP contribution >= 0.6 is 46.5 Å². The summed E-state index contributed by atoms with van der Waals surface area (Å²) in [5.41, 5.74) is 5.86. The van der Waals surface area contributed by atoms with Crippen LogP contribution < -0.4 is 5.43 Å². The fourth-order valence-electron chi connectivity index (χ4n) is 2.03. The van der Waals surface area contributed by atoms with Gasteiger partial charge in [-0.25, -0.2) is 5.43 Å². The molecule has 0 aliphatic rings. The van der Waals surface area contributed by atoms with Gasteiger partial charge in [0.25, 0.3) is 5.91 Å². The molecular weight excluding hydrogens is 432 g/mol. The second kappa shape index (κ2) is 10.6. The molecule has 2 aromatic carbocycles. The number of nitrogens with zero attached hydrogens (tertiary/aromatic N) is 3. The zero-order chi connectivity index (χ0) is 19.8. The van der Waals surface area contributed by atoms with Crippen molar-refractivity contribution in [1.82, 2.24) is 15.6 Å². The molecule has 0 aliphatic heterocycles. The number of carbonyl (C=O) groups is 1. The first kappa shape index (κ1) is 20.9. The van der Waals surface area contributed by atoms with Gasteiger partial charge >= 0.3 is 0 Å². The highest BCUT2D eigenvalue weighted by Crippen LogP contribution is 2.30. The van der Waals surface area contributed by atoms with E-state index in [4.69, 9.17) is 11.6 Å². The lowest BCUT2D eigenvalue weighted by atomic mass is 10.2. The number of hydrogen-bond donors (Lipinski definition) is 1. The summed E-state index contributed by atoms with van der Waals surface area (Å²) in [7, 11) is 0. The highest BCUT2D eigenvalue weighted by Gasteiger charge is 2.08. The number of amides is 1. The van der Waals surface area contributed by atoms with Gasteiger partial charge in [-0.2, -0.15) is 5.10 Å². The Kier molecular flexibility index (Phi) is 7.90. The molecule has 0 saturated heterocycles. The summed E-state index contributed by atoms with van der Waals surface area (Å²) in [5.74, 6) is 0.883. The molecule has 0 fully saturated rings. The number of thioether (sulfide) groups is 2. The fourth-order valence-corrected chi connectivity index (χ4v) is 4.92. The van der Waals surface area contributed by atoms with Gasteiger partial charge in [0.2, 0.25) is 0 Å². The quantitative estimate of drug-likeness (QED) is 0.297. The van der Waals surface area contributed by atoms with Crippen LogP contribution in [0.4, 0.5) is 0 Å². The molecule has 144 valence electrons. The van der Waals surface area contributed by atoms with Crippen molar-refractivity contribution in [1.29, 1.82) is 0 Å². The summed E-state index contributed by atoms with van der Waals surface area (Å²) < 4.78 is 1.66. The maximum atomic E-state index is 11.9. The van der Waals surface area contributed by atoms with E-state index >= 15 is 0 Å². The van der Waals surface area contributed by atoms with Crippen LogP contribution in [0.3, 0.4) is 0 Å². The number of nitrogens with one attached hydrogen (secondary N) is 1. The highest BCUT2D eigenvalue weighted by atomic mass is 35.5. The van der Waals surface area contributed by atoms with E-state index in [0.717, 1.165) is 20.0 Å². The first-order valence-corrected chi connectivity index (χ1v) is 11.5. The van der Waals surface area contributed by atoms with E-state index in [1.165, 1.54) is 34.2 Å². The van der Waals surface area contributed by atoms with E-state index in [9.17, 15) is 4.79 Å². The standard InChI is InChI=1S/C19H17ClN4OS3/c1-13-2-4-15(5-3-13)11-26-18-23-24-19(28-18)27-12-17(25)22-21-10-14-6-8-16(20)9-7-14/h2-10H,11-12H2,1H3,(H,22,25)/b21-10+. The van der Waals surface area contributed by atoms with Crippen LogP contribution in [0.15, 0.2) is 62.3 Å². The molecule has 3 rings (SSSR count). The van der Waals surface area contributed by atoms with E-state index in [1.807, 2.05) is 12.1 Å². The largest absolute Gasteiger partial charge is 0.272 e. The topological polar surface area (TPSA) is 67.2 Å². The molecule has 5 nitrogen and oxygen atoms in total. The summed E-state index contributed by atoms with van der Waals surface area (Å²) in [6, 6.07) is 15.6. The van der Waals surface area contributed by atoms with E-state index in [0.29, 0.717) is 5.02 Å². The third-order valence-electron chi connectivity index (χ3n) is 3.47. The molecule has 1 amide bonds. The zero-order valence-electron chi connectivity index (χ0n) is 15.0. The Morgan fingerprint density at radius 3 is 2.50 bits per heavy atom. The molecule has 0 saturated carbocycles. The highest BCUT2D eigenvalue weighted by molar-refractivity contribution is 8.03. The zero-order valence-corrected chi connectivity index (χ0v) is 18.2. The molecule has 0 unspecified atom stereocenters.